The third kappa shape index (κ3) is 3.01. The molecule has 2 saturated carbocycles. The highest BCUT2D eigenvalue weighted by atomic mass is 16.6. The summed E-state index contributed by atoms with van der Waals surface area (Å²) in [6, 6.07) is 1.79. The first-order valence-electron chi connectivity index (χ1n) is 11.5. The maximum absolute atomic E-state index is 13.7. The van der Waals surface area contributed by atoms with E-state index in [-0.39, 0.29) is 31.0 Å². The first-order valence-corrected chi connectivity index (χ1v) is 11.5. The molecule has 2 aliphatic carbocycles. The molecule has 2 saturated heterocycles. The molecule has 3 heterocycles. The molecule has 33 heavy (non-hydrogen) atoms. The molecule has 1 aromatic heterocycles. The second-order valence-electron chi connectivity index (χ2n) is 10.1. The Bertz CT molecular complexity index is 951. The van der Waals surface area contributed by atoms with Gasteiger partial charge in [-0.25, -0.2) is 0 Å². The van der Waals surface area contributed by atoms with Crippen LogP contribution in [0.25, 0.3) is 0 Å². The lowest BCUT2D eigenvalue weighted by molar-refractivity contribution is -0.244. The molecule has 2 aliphatic heterocycles. The Morgan fingerprint density at radius 1 is 1.24 bits per heavy atom. The zero-order chi connectivity index (χ0) is 23.6. The average molecular weight is 462 g/mol. The van der Waals surface area contributed by atoms with E-state index in [0.717, 1.165) is 5.56 Å². The molecular formula is C24H30O9. The molecule has 9 nitrogen and oxygen atoms in total. The van der Waals surface area contributed by atoms with Gasteiger partial charge in [0.2, 0.25) is 0 Å². The second-order valence-corrected chi connectivity index (χ2v) is 10.1. The van der Waals surface area contributed by atoms with Gasteiger partial charge in [-0.2, -0.15) is 0 Å². The number of aliphatic hydroxyl groups excluding tert-OH is 1. The molecule has 1 aromatic rings. The van der Waals surface area contributed by atoms with E-state index in [1.165, 1.54) is 13.8 Å². The van der Waals surface area contributed by atoms with E-state index in [0.29, 0.717) is 25.7 Å². The molecule has 8 atom stereocenters. The monoisotopic (exact) mass is 462 g/mol. The van der Waals surface area contributed by atoms with Crippen LogP contribution in [0.15, 0.2) is 23.0 Å². The van der Waals surface area contributed by atoms with Crippen LogP contribution in [0.5, 0.6) is 0 Å². The summed E-state index contributed by atoms with van der Waals surface area (Å²) in [4.78, 5) is 37.7. The van der Waals surface area contributed by atoms with Gasteiger partial charge in [-0.1, -0.05) is 6.92 Å². The Balaban J connectivity index is 1.64. The van der Waals surface area contributed by atoms with Gasteiger partial charge < -0.3 is 28.5 Å². The molecule has 5 rings (SSSR count). The van der Waals surface area contributed by atoms with Crippen LogP contribution in [-0.4, -0.2) is 54.0 Å². The standard InChI is InChI=1S/C24H30O9/c1-13-8-20(32-15(3)26)23(11-30-14(2)25)18(4-5-19(27)24(23)12-31-24)22(13)9-17(33-21(22)28)16-6-7-29-10-16/h6-7,10,13,17-20,27H,4-5,8-9,11-12H2,1-3H3/t13-,17?,18?,19?,20?,22?,23?,24?/m1/s1. The number of rotatable bonds is 4. The molecule has 1 N–H and O–H groups in total. The minimum absolute atomic E-state index is 0.111. The minimum Gasteiger partial charge on any atom is -0.472 e. The quantitative estimate of drug-likeness (QED) is 0.408. The zero-order valence-corrected chi connectivity index (χ0v) is 19.1. The fourth-order valence-corrected chi connectivity index (χ4v) is 7.15. The highest BCUT2D eigenvalue weighted by molar-refractivity contribution is 5.81. The fraction of sp³-hybridized carbons (Fsp3) is 0.708. The van der Waals surface area contributed by atoms with Gasteiger partial charge in [0.25, 0.3) is 0 Å². The molecule has 0 bridgehead atoms. The van der Waals surface area contributed by atoms with Gasteiger partial charge in [-0.3, -0.25) is 14.4 Å². The van der Waals surface area contributed by atoms with Gasteiger partial charge in [0.15, 0.2) is 0 Å². The van der Waals surface area contributed by atoms with Crippen molar-refractivity contribution >= 4 is 17.9 Å². The number of furan rings is 1. The van der Waals surface area contributed by atoms with E-state index < -0.39 is 46.7 Å². The van der Waals surface area contributed by atoms with Crippen molar-refractivity contribution in [1.82, 2.24) is 0 Å². The SMILES string of the molecule is CC(=O)OCC12C(OC(C)=O)C[C@@H](C)C3(CC(c4ccoc4)OC3=O)C1CCC(O)C21CO1. The Kier molecular flexibility index (Phi) is 5.13. The Morgan fingerprint density at radius 2 is 2.00 bits per heavy atom. The average Bonchev–Trinajstić information content (AvgIpc) is 3.21. The summed E-state index contributed by atoms with van der Waals surface area (Å²) in [5.74, 6) is -1.82. The summed E-state index contributed by atoms with van der Waals surface area (Å²) in [6.07, 6.45) is 2.87. The molecule has 2 spiro atoms. The van der Waals surface area contributed by atoms with Gasteiger partial charge in [-0.15, -0.1) is 0 Å². The molecule has 4 aliphatic rings. The van der Waals surface area contributed by atoms with Gasteiger partial charge in [0.1, 0.15) is 24.4 Å². The Morgan fingerprint density at radius 3 is 2.61 bits per heavy atom. The highest BCUT2D eigenvalue weighted by Gasteiger charge is 2.80. The summed E-state index contributed by atoms with van der Waals surface area (Å²) in [6.45, 7) is 4.76. The Labute approximate surface area is 191 Å². The van der Waals surface area contributed by atoms with Crippen molar-refractivity contribution in [2.75, 3.05) is 13.2 Å². The van der Waals surface area contributed by atoms with E-state index in [4.69, 9.17) is 23.4 Å². The summed E-state index contributed by atoms with van der Waals surface area (Å²) >= 11 is 0. The van der Waals surface area contributed by atoms with Crippen LogP contribution in [-0.2, 0) is 33.3 Å². The topological polar surface area (TPSA) is 125 Å². The van der Waals surface area contributed by atoms with Crippen molar-refractivity contribution in [3.05, 3.63) is 24.2 Å². The highest BCUT2D eigenvalue weighted by Crippen LogP contribution is 2.71. The largest absolute Gasteiger partial charge is 0.472 e. The molecule has 0 radical (unpaired) electrons. The maximum atomic E-state index is 13.7. The van der Waals surface area contributed by atoms with Crippen molar-refractivity contribution in [2.24, 2.45) is 22.7 Å². The lowest BCUT2D eigenvalue weighted by Crippen LogP contribution is -2.71. The van der Waals surface area contributed by atoms with Crippen LogP contribution in [0.1, 0.15) is 58.1 Å². The number of ether oxygens (including phenoxy) is 4. The van der Waals surface area contributed by atoms with Crippen molar-refractivity contribution in [1.29, 1.82) is 0 Å². The van der Waals surface area contributed by atoms with Crippen LogP contribution < -0.4 is 0 Å². The lowest BCUT2D eigenvalue weighted by atomic mass is 9.42. The summed E-state index contributed by atoms with van der Waals surface area (Å²) < 4.78 is 28.5. The fourth-order valence-electron chi connectivity index (χ4n) is 7.15. The first kappa shape index (κ1) is 22.4. The number of carbonyl (C=O) groups is 3. The molecule has 0 amide bonds. The summed E-state index contributed by atoms with van der Waals surface area (Å²) in [5, 5.41) is 11.1. The summed E-state index contributed by atoms with van der Waals surface area (Å²) in [7, 11) is 0. The third-order valence-electron chi connectivity index (χ3n) is 8.67. The van der Waals surface area contributed by atoms with Crippen LogP contribution in [0, 0.1) is 22.7 Å². The van der Waals surface area contributed by atoms with Crippen LogP contribution in [0.2, 0.25) is 0 Å². The number of aliphatic hydroxyl groups is 1. The first-order chi connectivity index (χ1) is 15.7. The normalized spacial score (nSPS) is 43.8. The van der Waals surface area contributed by atoms with Crippen molar-refractivity contribution < 1.29 is 42.9 Å². The second kappa shape index (κ2) is 7.56. The Hall–Kier alpha value is -2.39. The van der Waals surface area contributed by atoms with Crippen LogP contribution >= 0.6 is 0 Å². The zero-order valence-electron chi connectivity index (χ0n) is 19.1. The number of fused-ring (bicyclic) bond motifs is 3. The smallest absolute Gasteiger partial charge is 0.313 e. The lowest BCUT2D eigenvalue weighted by Gasteiger charge is -2.62. The molecule has 9 heteroatoms. The van der Waals surface area contributed by atoms with Crippen molar-refractivity contribution in [3.8, 4) is 0 Å². The third-order valence-corrected chi connectivity index (χ3v) is 8.67. The van der Waals surface area contributed by atoms with E-state index >= 15 is 0 Å². The van der Waals surface area contributed by atoms with E-state index in [1.807, 2.05) is 6.92 Å². The van der Waals surface area contributed by atoms with Crippen molar-refractivity contribution in [3.63, 3.8) is 0 Å². The predicted molar refractivity (Wildman–Crippen MR) is 110 cm³/mol. The van der Waals surface area contributed by atoms with E-state index in [9.17, 15) is 19.5 Å². The van der Waals surface area contributed by atoms with Crippen LogP contribution in [0.4, 0.5) is 0 Å². The molecule has 0 aromatic carbocycles. The van der Waals surface area contributed by atoms with E-state index in [2.05, 4.69) is 0 Å². The maximum Gasteiger partial charge on any atom is 0.313 e. The molecule has 7 unspecified atom stereocenters. The van der Waals surface area contributed by atoms with Gasteiger partial charge in [0, 0.05) is 25.8 Å². The van der Waals surface area contributed by atoms with Gasteiger partial charge in [-0.05, 0) is 37.2 Å². The number of esters is 3. The number of hydrogen-bond donors (Lipinski definition) is 1. The number of carbonyl (C=O) groups excluding carboxylic acids is 3. The number of epoxide rings is 1. The van der Waals surface area contributed by atoms with Gasteiger partial charge in [0.05, 0.1) is 36.1 Å². The summed E-state index contributed by atoms with van der Waals surface area (Å²) in [5.41, 5.74) is -2.24. The predicted octanol–water partition coefficient (Wildman–Crippen LogP) is 2.31. The molecule has 180 valence electrons. The molecule has 4 fully saturated rings. The van der Waals surface area contributed by atoms with Gasteiger partial charge >= 0.3 is 17.9 Å². The van der Waals surface area contributed by atoms with Crippen LogP contribution in [0.3, 0.4) is 0 Å². The van der Waals surface area contributed by atoms with Crippen molar-refractivity contribution in [2.45, 2.75) is 70.4 Å². The number of hydrogen-bond acceptors (Lipinski definition) is 9. The number of cyclic esters (lactones) is 1. The minimum atomic E-state index is -1.07. The van der Waals surface area contributed by atoms with E-state index in [1.54, 1.807) is 18.6 Å². The molecular weight excluding hydrogens is 432 g/mol.